The van der Waals surface area contributed by atoms with Gasteiger partial charge in [0.2, 0.25) is 0 Å². The van der Waals surface area contributed by atoms with E-state index in [0.717, 1.165) is 18.7 Å². The predicted octanol–water partition coefficient (Wildman–Crippen LogP) is 1.56. The maximum Gasteiger partial charge on any atom is 0.0859 e. The van der Waals surface area contributed by atoms with Crippen LogP contribution in [-0.4, -0.2) is 30.5 Å². The molecule has 3 nitrogen and oxygen atoms in total. The molecule has 0 spiro atoms. The quantitative estimate of drug-likeness (QED) is 0.790. The molecule has 1 saturated heterocycles. The molecule has 1 unspecified atom stereocenters. The first-order chi connectivity index (χ1) is 7.24. The molecular formula is C12H17NO2. The van der Waals surface area contributed by atoms with Crippen LogP contribution < -0.4 is 5.32 Å². The number of aliphatic hydroxyl groups is 1. The zero-order chi connectivity index (χ0) is 10.7. The second kappa shape index (κ2) is 4.21. The van der Waals surface area contributed by atoms with E-state index in [1.807, 2.05) is 12.1 Å². The molecule has 1 aliphatic rings. The molecule has 1 aromatic rings. The zero-order valence-corrected chi connectivity index (χ0v) is 8.99. The molecule has 2 rings (SSSR count). The molecule has 1 heterocycles. The summed E-state index contributed by atoms with van der Waals surface area (Å²) >= 11 is 0. The smallest absolute Gasteiger partial charge is 0.0859 e. The normalized spacial score (nSPS) is 25.5. The van der Waals surface area contributed by atoms with Gasteiger partial charge < -0.3 is 15.2 Å². The summed E-state index contributed by atoms with van der Waals surface area (Å²) in [6.07, 6.45) is 0.859. The minimum Gasteiger partial charge on any atom is -0.394 e. The van der Waals surface area contributed by atoms with Crippen LogP contribution in [0.3, 0.4) is 0 Å². The van der Waals surface area contributed by atoms with Crippen molar-refractivity contribution in [2.24, 2.45) is 0 Å². The highest BCUT2D eigenvalue weighted by Crippen LogP contribution is 2.24. The van der Waals surface area contributed by atoms with Crippen LogP contribution in [0.2, 0.25) is 0 Å². The van der Waals surface area contributed by atoms with Crippen LogP contribution in [0.25, 0.3) is 0 Å². The number of aliphatic hydroxyl groups excluding tert-OH is 1. The maximum absolute atomic E-state index is 9.39. The van der Waals surface area contributed by atoms with Crippen molar-refractivity contribution in [2.45, 2.75) is 18.9 Å². The molecule has 0 radical (unpaired) electrons. The lowest BCUT2D eigenvalue weighted by atomic mass is 9.99. The maximum atomic E-state index is 9.39. The van der Waals surface area contributed by atoms with Crippen LogP contribution in [-0.2, 0) is 4.74 Å². The lowest BCUT2D eigenvalue weighted by Gasteiger charge is -2.27. The number of benzene rings is 1. The van der Waals surface area contributed by atoms with Crippen molar-refractivity contribution in [3.8, 4) is 0 Å². The minimum atomic E-state index is -0.282. The van der Waals surface area contributed by atoms with E-state index in [9.17, 15) is 5.11 Å². The fourth-order valence-electron chi connectivity index (χ4n) is 1.81. The molecule has 0 aromatic heterocycles. The summed E-state index contributed by atoms with van der Waals surface area (Å²) in [6.45, 7) is 3.47. The van der Waals surface area contributed by atoms with Gasteiger partial charge in [-0.25, -0.2) is 0 Å². The number of nitrogens with one attached hydrogen (secondary N) is 1. The fourth-order valence-corrected chi connectivity index (χ4v) is 1.81. The van der Waals surface area contributed by atoms with Gasteiger partial charge in [0.05, 0.1) is 18.8 Å². The third kappa shape index (κ3) is 2.30. The molecule has 0 amide bonds. The lowest BCUT2D eigenvalue weighted by Crippen LogP contribution is -2.42. The second-order valence-corrected chi connectivity index (χ2v) is 4.23. The molecule has 15 heavy (non-hydrogen) atoms. The van der Waals surface area contributed by atoms with Gasteiger partial charge >= 0.3 is 0 Å². The molecule has 1 fully saturated rings. The Morgan fingerprint density at radius 3 is 2.67 bits per heavy atom. The van der Waals surface area contributed by atoms with Gasteiger partial charge in [0.1, 0.15) is 0 Å². The molecule has 1 aromatic carbocycles. The lowest BCUT2D eigenvalue weighted by molar-refractivity contribution is 0.152. The zero-order valence-electron chi connectivity index (χ0n) is 8.99. The molecule has 0 aliphatic carbocycles. The fraction of sp³-hybridized carbons (Fsp3) is 0.500. The van der Waals surface area contributed by atoms with E-state index in [1.165, 1.54) is 5.56 Å². The average molecular weight is 207 g/mol. The molecule has 2 N–H and O–H groups in total. The van der Waals surface area contributed by atoms with Gasteiger partial charge in [0.15, 0.2) is 0 Å². The van der Waals surface area contributed by atoms with Crippen LogP contribution in [0.5, 0.6) is 0 Å². The number of rotatable bonds is 3. The van der Waals surface area contributed by atoms with Gasteiger partial charge in [-0.05, 0) is 25.5 Å². The van der Waals surface area contributed by atoms with Gasteiger partial charge in [-0.15, -0.1) is 0 Å². The van der Waals surface area contributed by atoms with Crippen LogP contribution in [0.15, 0.2) is 24.3 Å². The summed E-state index contributed by atoms with van der Waals surface area (Å²) in [6, 6.07) is 8.18. The molecule has 0 bridgehead atoms. The first kappa shape index (κ1) is 10.5. The SMILES string of the molecule is Cc1ccc(NC2(CO)CCOC2)cc1. The van der Waals surface area contributed by atoms with E-state index in [-0.39, 0.29) is 12.1 Å². The molecule has 3 heteroatoms. The Kier molecular flexibility index (Phi) is 2.93. The minimum absolute atomic E-state index is 0.112. The predicted molar refractivity (Wildman–Crippen MR) is 60.1 cm³/mol. The van der Waals surface area contributed by atoms with Crippen LogP contribution >= 0.6 is 0 Å². The number of hydrogen-bond acceptors (Lipinski definition) is 3. The number of hydrogen-bond donors (Lipinski definition) is 2. The van der Waals surface area contributed by atoms with Gasteiger partial charge in [0.25, 0.3) is 0 Å². The van der Waals surface area contributed by atoms with Crippen molar-refractivity contribution in [1.29, 1.82) is 0 Å². The highest BCUT2D eigenvalue weighted by Gasteiger charge is 2.33. The molecule has 0 saturated carbocycles. The molecule has 1 aliphatic heterocycles. The number of aryl methyl sites for hydroxylation is 1. The highest BCUT2D eigenvalue weighted by atomic mass is 16.5. The van der Waals surface area contributed by atoms with Crippen molar-refractivity contribution < 1.29 is 9.84 Å². The summed E-state index contributed by atoms with van der Waals surface area (Å²) in [5, 5.41) is 12.7. The van der Waals surface area contributed by atoms with Crippen molar-refractivity contribution in [3.05, 3.63) is 29.8 Å². The molecular weight excluding hydrogens is 190 g/mol. The van der Waals surface area contributed by atoms with Gasteiger partial charge in [0, 0.05) is 12.3 Å². The largest absolute Gasteiger partial charge is 0.394 e. The van der Waals surface area contributed by atoms with E-state index in [2.05, 4.69) is 24.4 Å². The van der Waals surface area contributed by atoms with E-state index >= 15 is 0 Å². The van der Waals surface area contributed by atoms with E-state index in [0.29, 0.717) is 6.61 Å². The van der Waals surface area contributed by atoms with E-state index in [4.69, 9.17) is 4.74 Å². The second-order valence-electron chi connectivity index (χ2n) is 4.23. The van der Waals surface area contributed by atoms with Crippen LogP contribution in [0.4, 0.5) is 5.69 Å². The molecule has 82 valence electrons. The Morgan fingerprint density at radius 1 is 1.40 bits per heavy atom. The summed E-state index contributed by atoms with van der Waals surface area (Å²) < 4.78 is 5.32. The van der Waals surface area contributed by atoms with Gasteiger partial charge in [-0.2, -0.15) is 0 Å². The van der Waals surface area contributed by atoms with Gasteiger partial charge in [-0.1, -0.05) is 17.7 Å². The van der Waals surface area contributed by atoms with E-state index in [1.54, 1.807) is 0 Å². The summed E-state index contributed by atoms with van der Waals surface area (Å²) in [5.41, 5.74) is 2.00. The van der Waals surface area contributed by atoms with Crippen LogP contribution in [0, 0.1) is 6.92 Å². The number of anilines is 1. The van der Waals surface area contributed by atoms with Crippen molar-refractivity contribution in [3.63, 3.8) is 0 Å². The summed E-state index contributed by atoms with van der Waals surface area (Å²) in [4.78, 5) is 0. The Labute approximate surface area is 90.1 Å². The third-order valence-electron chi connectivity index (χ3n) is 2.87. The Hall–Kier alpha value is -1.06. The first-order valence-corrected chi connectivity index (χ1v) is 5.28. The highest BCUT2D eigenvalue weighted by molar-refractivity contribution is 5.47. The summed E-state index contributed by atoms with van der Waals surface area (Å²) in [5.74, 6) is 0. The first-order valence-electron chi connectivity index (χ1n) is 5.28. The average Bonchev–Trinajstić information content (AvgIpc) is 2.71. The Morgan fingerprint density at radius 2 is 2.13 bits per heavy atom. The monoisotopic (exact) mass is 207 g/mol. The van der Waals surface area contributed by atoms with Crippen molar-refractivity contribution in [2.75, 3.05) is 25.1 Å². The Balaban J connectivity index is 2.09. The van der Waals surface area contributed by atoms with Crippen molar-refractivity contribution >= 4 is 5.69 Å². The summed E-state index contributed by atoms with van der Waals surface area (Å²) in [7, 11) is 0. The van der Waals surface area contributed by atoms with Crippen molar-refractivity contribution in [1.82, 2.24) is 0 Å². The molecule has 1 atom stereocenters. The number of ether oxygens (including phenoxy) is 1. The standard InChI is InChI=1S/C12H17NO2/c1-10-2-4-11(5-3-10)13-12(8-14)6-7-15-9-12/h2-5,13-14H,6-9H2,1H3. The topological polar surface area (TPSA) is 41.5 Å². The van der Waals surface area contributed by atoms with Gasteiger partial charge in [-0.3, -0.25) is 0 Å². The van der Waals surface area contributed by atoms with E-state index < -0.39 is 0 Å². The third-order valence-corrected chi connectivity index (χ3v) is 2.87. The van der Waals surface area contributed by atoms with Crippen LogP contribution in [0.1, 0.15) is 12.0 Å². The Bertz CT molecular complexity index is 315.